The molecule has 0 saturated carbocycles. The maximum absolute atomic E-state index is 10.8. The quantitative estimate of drug-likeness (QED) is 0.199. The van der Waals surface area contributed by atoms with E-state index in [1.54, 1.807) is 0 Å². The number of aromatic nitrogens is 2. The van der Waals surface area contributed by atoms with Crippen LogP contribution in [0.5, 0.6) is 0 Å². The van der Waals surface area contributed by atoms with Crippen molar-refractivity contribution in [2.24, 2.45) is 0 Å². The van der Waals surface area contributed by atoms with E-state index in [-0.39, 0.29) is 0 Å². The van der Waals surface area contributed by atoms with E-state index >= 15 is 0 Å². The van der Waals surface area contributed by atoms with Crippen LogP contribution in [0.1, 0.15) is 11.1 Å². The minimum atomic E-state index is 0.614. The van der Waals surface area contributed by atoms with E-state index < -0.39 is 0 Å². The zero-order valence-electron chi connectivity index (χ0n) is 25.8. The second-order valence-electron chi connectivity index (χ2n) is 11.9. The highest BCUT2D eigenvalue weighted by Crippen LogP contribution is 2.40. The molecule has 0 saturated heterocycles. The molecule has 7 aromatic carbocycles. The SMILES string of the molecule is N#Cc1c(-c2cccc(-n3c4ccccc4c4ccccc43)c2)cccc1-c1ccccc1-n1c2ccccc2c2c(C#N)cccc21. The van der Waals surface area contributed by atoms with Gasteiger partial charge in [0.25, 0.3) is 0 Å². The van der Waals surface area contributed by atoms with Crippen molar-refractivity contribution in [3.05, 3.63) is 169 Å². The molecule has 0 amide bonds. The van der Waals surface area contributed by atoms with Crippen LogP contribution in [-0.4, -0.2) is 9.13 Å². The van der Waals surface area contributed by atoms with E-state index in [0.29, 0.717) is 11.1 Å². The molecule has 2 heterocycles. The van der Waals surface area contributed by atoms with Gasteiger partial charge in [0.2, 0.25) is 0 Å². The predicted octanol–water partition coefficient (Wildman–Crippen LogP) is 11.0. The minimum absolute atomic E-state index is 0.614. The Hall–Kier alpha value is -6.88. The fraction of sp³-hybridized carbons (Fsp3) is 0. The lowest BCUT2D eigenvalue weighted by atomic mass is 9.91. The van der Waals surface area contributed by atoms with Crippen LogP contribution in [0.4, 0.5) is 0 Å². The van der Waals surface area contributed by atoms with E-state index in [1.165, 1.54) is 10.8 Å². The van der Waals surface area contributed by atoms with Gasteiger partial charge in [-0.15, -0.1) is 0 Å². The Morgan fingerprint density at radius 2 is 0.979 bits per heavy atom. The van der Waals surface area contributed by atoms with E-state index in [4.69, 9.17) is 0 Å². The molecule has 222 valence electrons. The Bertz CT molecular complexity index is 2760. The van der Waals surface area contributed by atoms with Gasteiger partial charge in [-0.2, -0.15) is 10.5 Å². The molecule has 0 atom stereocenters. The first-order chi connectivity index (χ1) is 23.8. The molecular formula is C44H26N4. The Labute approximate surface area is 277 Å². The van der Waals surface area contributed by atoms with Gasteiger partial charge in [0.15, 0.2) is 0 Å². The van der Waals surface area contributed by atoms with Crippen LogP contribution in [0.3, 0.4) is 0 Å². The number of fused-ring (bicyclic) bond motifs is 6. The van der Waals surface area contributed by atoms with Crippen molar-refractivity contribution >= 4 is 43.6 Å². The highest BCUT2D eigenvalue weighted by molar-refractivity contribution is 6.12. The summed E-state index contributed by atoms with van der Waals surface area (Å²) in [6.45, 7) is 0. The molecule has 9 aromatic rings. The molecule has 2 aromatic heterocycles. The highest BCUT2D eigenvalue weighted by atomic mass is 15.0. The van der Waals surface area contributed by atoms with Crippen LogP contribution in [0.15, 0.2) is 158 Å². The van der Waals surface area contributed by atoms with Crippen molar-refractivity contribution in [3.63, 3.8) is 0 Å². The normalized spacial score (nSPS) is 11.3. The summed E-state index contributed by atoms with van der Waals surface area (Å²) < 4.78 is 4.52. The van der Waals surface area contributed by atoms with Gasteiger partial charge in [-0.3, -0.25) is 0 Å². The van der Waals surface area contributed by atoms with E-state index in [9.17, 15) is 10.5 Å². The molecule has 4 nitrogen and oxygen atoms in total. The second-order valence-corrected chi connectivity index (χ2v) is 11.9. The summed E-state index contributed by atoms with van der Waals surface area (Å²) in [5, 5.41) is 25.2. The average Bonchev–Trinajstić information content (AvgIpc) is 3.68. The third-order valence-corrected chi connectivity index (χ3v) is 9.42. The van der Waals surface area contributed by atoms with Gasteiger partial charge in [0.05, 0.1) is 45.0 Å². The van der Waals surface area contributed by atoms with Crippen LogP contribution in [-0.2, 0) is 0 Å². The van der Waals surface area contributed by atoms with Gasteiger partial charge < -0.3 is 9.13 Å². The molecule has 0 aliphatic rings. The van der Waals surface area contributed by atoms with Gasteiger partial charge in [-0.05, 0) is 54.1 Å². The maximum Gasteiger partial charge on any atom is 0.100 e. The number of hydrogen-bond acceptors (Lipinski definition) is 2. The molecule has 0 aliphatic heterocycles. The first-order valence-electron chi connectivity index (χ1n) is 15.9. The van der Waals surface area contributed by atoms with Crippen molar-refractivity contribution in [1.82, 2.24) is 9.13 Å². The lowest BCUT2D eigenvalue weighted by Crippen LogP contribution is -1.99. The largest absolute Gasteiger partial charge is 0.309 e. The predicted molar refractivity (Wildman–Crippen MR) is 195 cm³/mol. The number of benzene rings is 7. The molecule has 0 spiro atoms. The lowest BCUT2D eigenvalue weighted by Gasteiger charge is -2.17. The van der Waals surface area contributed by atoms with Crippen LogP contribution in [0.25, 0.3) is 77.2 Å². The topological polar surface area (TPSA) is 57.4 Å². The number of nitriles is 2. The van der Waals surface area contributed by atoms with Crippen LogP contribution < -0.4 is 0 Å². The molecular weight excluding hydrogens is 585 g/mol. The molecule has 0 unspecified atom stereocenters. The van der Waals surface area contributed by atoms with Crippen molar-refractivity contribution < 1.29 is 0 Å². The number of nitrogens with zero attached hydrogens (tertiary/aromatic N) is 4. The third kappa shape index (κ3) is 4.01. The van der Waals surface area contributed by atoms with Crippen molar-refractivity contribution in [1.29, 1.82) is 10.5 Å². The monoisotopic (exact) mass is 610 g/mol. The van der Waals surface area contributed by atoms with Crippen molar-refractivity contribution in [2.75, 3.05) is 0 Å². The number of hydrogen-bond donors (Lipinski definition) is 0. The Balaban J connectivity index is 1.26. The van der Waals surface area contributed by atoms with E-state index in [0.717, 1.165) is 66.5 Å². The van der Waals surface area contributed by atoms with Gasteiger partial charge in [0, 0.05) is 43.9 Å². The van der Waals surface area contributed by atoms with Crippen molar-refractivity contribution in [2.45, 2.75) is 0 Å². The summed E-state index contributed by atoms with van der Waals surface area (Å²) in [6, 6.07) is 58.8. The van der Waals surface area contributed by atoms with E-state index in [1.807, 2.05) is 54.6 Å². The molecule has 48 heavy (non-hydrogen) atoms. The van der Waals surface area contributed by atoms with Gasteiger partial charge >= 0.3 is 0 Å². The molecule has 0 bridgehead atoms. The molecule has 0 N–H and O–H groups in total. The van der Waals surface area contributed by atoms with Crippen LogP contribution >= 0.6 is 0 Å². The summed E-state index contributed by atoms with van der Waals surface area (Å²) in [6.07, 6.45) is 0. The molecule has 0 fully saturated rings. The van der Waals surface area contributed by atoms with Crippen molar-refractivity contribution in [3.8, 4) is 45.8 Å². The number of rotatable bonds is 4. The number of para-hydroxylation sites is 4. The average molecular weight is 611 g/mol. The second kappa shape index (κ2) is 10.9. The third-order valence-electron chi connectivity index (χ3n) is 9.42. The van der Waals surface area contributed by atoms with Crippen LogP contribution in [0.2, 0.25) is 0 Å². The standard InChI is InChI=1S/C44H26N4/c45-27-30-13-10-25-43-44(30)37-18-4-8-24-42(37)48(43)41-23-7-1-15-34(41)33-20-11-19-32(38(33)28-46)29-12-9-14-31(26-29)47-39-21-5-2-16-35(39)36-17-3-6-22-40(36)47/h1-26H. The lowest BCUT2D eigenvalue weighted by molar-refractivity contribution is 1.18. The zero-order valence-corrected chi connectivity index (χ0v) is 25.8. The summed E-state index contributed by atoms with van der Waals surface area (Å²) in [5.74, 6) is 0. The first kappa shape index (κ1) is 27.4. The molecule has 0 aliphatic carbocycles. The Kier molecular flexibility index (Phi) is 6.22. The summed E-state index contributed by atoms with van der Waals surface area (Å²) in [7, 11) is 0. The molecule has 4 heteroatoms. The fourth-order valence-corrected chi connectivity index (χ4v) is 7.42. The maximum atomic E-state index is 10.8. The minimum Gasteiger partial charge on any atom is -0.309 e. The van der Waals surface area contributed by atoms with Crippen LogP contribution in [0, 0.1) is 22.7 Å². The summed E-state index contributed by atoms with van der Waals surface area (Å²) in [4.78, 5) is 0. The summed E-state index contributed by atoms with van der Waals surface area (Å²) in [5.41, 5.74) is 11.1. The van der Waals surface area contributed by atoms with E-state index in [2.05, 4.69) is 124 Å². The summed E-state index contributed by atoms with van der Waals surface area (Å²) >= 11 is 0. The van der Waals surface area contributed by atoms with Gasteiger partial charge in [-0.25, -0.2) is 0 Å². The molecule has 9 rings (SSSR count). The highest BCUT2D eigenvalue weighted by Gasteiger charge is 2.20. The Morgan fingerprint density at radius 1 is 0.417 bits per heavy atom. The van der Waals surface area contributed by atoms with Gasteiger partial charge in [0.1, 0.15) is 6.07 Å². The fourth-order valence-electron chi connectivity index (χ4n) is 7.42. The molecule has 0 radical (unpaired) electrons. The smallest absolute Gasteiger partial charge is 0.100 e. The zero-order chi connectivity index (χ0) is 32.2. The first-order valence-corrected chi connectivity index (χ1v) is 15.9. The Morgan fingerprint density at radius 3 is 1.71 bits per heavy atom. The van der Waals surface area contributed by atoms with Gasteiger partial charge in [-0.1, -0.05) is 109 Å².